The summed E-state index contributed by atoms with van der Waals surface area (Å²) in [5.41, 5.74) is 0. The number of carboxylic acid groups (broad SMARTS) is 1. The minimum atomic E-state index is -0.826. The Balaban J connectivity index is 1.83. The summed E-state index contributed by atoms with van der Waals surface area (Å²) in [6.07, 6.45) is 6.94. The summed E-state index contributed by atoms with van der Waals surface area (Å²) in [7, 11) is 0. The van der Waals surface area contributed by atoms with Gasteiger partial charge in [0, 0.05) is 12.6 Å². The fourth-order valence-electron chi connectivity index (χ4n) is 4.27. The van der Waals surface area contributed by atoms with E-state index in [-0.39, 0.29) is 17.9 Å². The lowest BCUT2D eigenvalue weighted by molar-refractivity contribution is -0.160. The lowest BCUT2D eigenvalue weighted by Gasteiger charge is -2.48. The summed E-state index contributed by atoms with van der Waals surface area (Å²) in [5, 5.41) is 12.7. The van der Waals surface area contributed by atoms with Crippen LogP contribution >= 0.6 is 0 Å². The van der Waals surface area contributed by atoms with Gasteiger partial charge in [0.25, 0.3) is 0 Å². The quantitative estimate of drug-likeness (QED) is 0.798. The molecule has 5 nitrogen and oxygen atoms in total. The number of likely N-dealkylation sites (tertiary alicyclic amines) is 1. The normalized spacial score (nSPS) is 37.5. The van der Waals surface area contributed by atoms with E-state index in [4.69, 9.17) is 0 Å². The fourth-order valence-corrected chi connectivity index (χ4v) is 4.27. The molecule has 2 heterocycles. The molecule has 0 radical (unpaired) electrons. The van der Waals surface area contributed by atoms with E-state index >= 15 is 0 Å². The molecular formula is C15H24N2O3. The zero-order valence-electron chi connectivity index (χ0n) is 11.9. The van der Waals surface area contributed by atoms with Crippen LogP contribution in [-0.2, 0) is 9.59 Å². The summed E-state index contributed by atoms with van der Waals surface area (Å²) in [4.78, 5) is 26.1. The van der Waals surface area contributed by atoms with Gasteiger partial charge < -0.3 is 15.3 Å². The fraction of sp³-hybridized carbons (Fsp3) is 0.867. The van der Waals surface area contributed by atoms with Crippen LogP contribution in [0, 0.1) is 11.8 Å². The van der Waals surface area contributed by atoms with E-state index in [0.29, 0.717) is 18.9 Å². The highest BCUT2D eigenvalue weighted by Crippen LogP contribution is 2.39. The van der Waals surface area contributed by atoms with Crippen molar-refractivity contribution in [2.45, 2.75) is 57.0 Å². The lowest BCUT2D eigenvalue weighted by Crippen LogP contribution is -2.59. The van der Waals surface area contributed by atoms with Crippen molar-refractivity contribution in [2.75, 3.05) is 13.1 Å². The summed E-state index contributed by atoms with van der Waals surface area (Å²) in [5.74, 6) is -0.234. The van der Waals surface area contributed by atoms with Gasteiger partial charge in [-0.2, -0.15) is 0 Å². The highest BCUT2D eigenvalue weighted by molar-refractivity contribution is 5.86. The third kappa shape index (κ3) is 2.43. The van der Waals surface area contributed by atoms with Crippen molar-refractivity contribution in [3.05, 3.63) is 0 Å². The minimum Gasteiger partial charge on any atom is -0.480 e. The molecule has 1 amide bonds. The van der Waals surface area contributed by atoms with Crippen molar-refractivity contribution < 1.29 is 14.7 Å². The van der Waals surface area contributed by atoms with E-state index in [9.17, 15) is 14.7 Å². The van der Waals surface area contributed by atoms with E-state index in [1.807, 2.05) is 0 Å². The molecule has 2 N–H and O–H groups in total. The number of carbonyl (C=O) groups excluding carboxylic acids is 1. The molecule has 2 aliphatic heterocycles. The van der Waals surface area contributed by atoms with E-state index in [2.05, 4.69) is 5.32 Å². The molecule has 0 aromatic rings. The Morgan fingerprint density at radius 3 is 2.55 bits per heavy atom. The maximum atomic E-state index is 12.8. The van der Waals surface area contributed by atoms with Crippen molar-refractivity contribution in [2.24, 2.45) is 11.8 Å². The van der Waals surface area contributed by atoms with Crippen LogP contribution in [0.5, 0.6) is 0 Å². The van der Waals surface area contributed by atoms with Crippen LogP contribution in [0.4, 0.5) is 0 Å². The number of nitrogens with one attached hydrogen (secondary N) is 1. The summed E-state index contributed by atoms with van der Waals surface area (Å²) < 4.78 is 0. The summed E-state index contributed by atoms with van der Waals surface area (Å²) in [6.45, 7) is 1.58. The average Bonchev–Trinajstić information content (AvgIpc) is 2.99. The Labute approximate surface area is 119 Å². The van der Waals surface area contributed by atoms with Gasteiger partial charge in [0.15, 0.2) is 0 Å². The van der Waals surface area contributed by atoms with Crippen molar-refractivity contribution >= 4 is 11.9 Å². The van der Waals surface area contributed by atoms with Gasteiger partial charge in [-0.15, -0.1) is 0 Å². The molecule has 0 spiro atoms. The number of piperidine rings is 1. The molecule has 0 aromatic heterocycles. The summed E-state index contributed by atoms with van der Waals surface area (Å²) >= 11 is 0. The number of aliphatic carboxylic acids is 1. The highest BCUT2D eigenvalue weighted by Gasteiger charge is 2.45. The first-order chi connectivity index (χ1) is 9.68. The first-order valence-electron chi connectivity index (χ1n) is 7.94. The molecular weight excluding hydrogens is 256 g/mol. The monoisotopic (exact) mass is 280 g/mol. The number of rotatable bonds is 2. The predicted molar refractivity (Wildman–Crippen MR) is 74.2 cm³/mol. The average molecular weight is 280 g/mol. The molecule has 0 aromatic carbocycles. The number of fused-ring (bicyclic) bond motifs is 1. The maximum absolute atomic E-state index is 12.8. The minimum absolute atomic E-state index is 0.0162. The number of carboxylic acids is 1. The maximum Gasteiger partial charge on any atom is 0.326 e. The molecule has 3 aliphatic rings. The van der Waals surface area contributed by atoms with Crippen molar-refractivity contribution in [3.63, 3.8) is 0 Å². The molecule has 4 atom stereocenters. The van der Waals surface area contributed by atoms with E-state index in [0.717, 1.165) is 38.6 Å². The number of nitrogens with zero attached hydrogens (tertiary/aromatic N) is 1. The van der Waals surface area contributed by atoms with Gasteiger partial charge in [0.05, 0.1) is 5.92 Å². The molecule has 4 unspecified atom stereocenters. The predicted octanol–water partition coefficient (Wildman–Crippen LogP) is 1.23. The highest BCUT2D eigenvalue weighted by atomic mass is 16.4. The van der Waals surface area contributed by atoms with Gasteiger partial charge in [0.1, 0.15) is 6.04 Å². The van der Waals surface area contributed by atoms with Gasteiger partial charge in [-0.05, 0) is 44.6 Å². The molecule has 1 saturated carbocycles. The number of amides is 1. The summed E-state index contributed by atoms with van der Waals surface area (Å²) in [6, 6.07) is -0.422. The van der Waals surface area contributed by atoms with Gasteiger partial charge in [0.2, 0.25) is 5.91 Å². The van der Waals surface area contributed by atoms with Gasteiger partial charge in [-0.1, -0.05) is 12.8 Å². The van der Waals surface area contributed by atoms with Crippen molar-refractivity contribution in [1.82, 2.24) is 10.2 Å². The lowest BCUT2D eigenvalue weighted by atomic mass is 9.75. The standard InChI is InChI=1S/C15H24N2O3/c18-14(11-7-8-16-9-11)17-12-4-2-1-3-10(12)5-6-13(17)15(19)20/h10-13,16H,1-9H2,(H,19,20). The van der Waals surface area contributed by atoms with E-state index < -0.39 is 12.0 Å². The number of hydrogen-bond donors (Lipinski definition) is 2. The van der Waals surface area contributed by atoms with Crippen LogP contribution in [0.3, 0.4) is 0 Å². The Kier molecular flexibility index (Phi) is 3.96. The van der Waals surface area contributed by atoms with Crippen LogP contribution in [0.15, 0.2) is 0 Å². The Hall–Kier alpha value is -1.10. The number of carbonyl (C=O) groups is 2. The van der Waals surface area contributed by atoms with E-state index in [1.54, 1.807) is 4.90 Å². The molecule has 0 bridgehead atoms. The molecule has 2 saturated heterocycles. The first kappa shape index (κ1) is 13.9. The van der Waals surface area contributed by atoms with Crippen molar-refractivity contribution in [1.29, 1.82) is 0 Å². The zero-order chi connectivity index (χ0) is 14.1. The zero-order valence-corrected chi connectivity index (χ0v) is 11.9. The number of hydrogen-bond acceptors (Lipinski definition) is 3. The largest absolute Gasteiger partial charge is 0.480 e. The second-order valence-electron chi connectivity index (χ2n) is 6.48. The molecule has 5 heteroatoms. The molecule has 3 fully saturated rings. The Bertz CT molecular complexity index is 393. The third-order valence-corrected chi connectivity index (χ3v) is 5.32. The van der Waals surface area contributed by atoms with E-state index in [1.165, 1.54) is 6.42 Å². The second kappa shape index (κ2) is 5.72. The van der Waals surface area contributed by atoms with Gasteiger partial charge >= 0.3 is 5.97 Å². The second-order valence-corrected chi connectivity index (χ2v) is 6.48. The molecule has 1 aliphatic carbocycles. The van der Waals surface area contributed by atoms with Crippen LogP contribution in [0.1, 0.15) is 44.9 Å². The van der Waals surface area contributed by atoms with Crippen molar-refractivity contribution in [3.8, 4) is 0 Å². The smallest absolute Gasteiger partial charge is 0.326 e. The molecule has 3 rings (SSSR count). The van der Waals surface area contributed by atoms with Crippen LogP contribution in [0.2, 0.25) is 0 Å². The Morgan fingerprint density at radius 2 is 1.85 bits per heavy atom. The van der Waals surface area contributed by atoms with Gasteiger partial charge in [-0.3, -0.25) is 4.79 Å². The van der Waals surface area contributed by atoms with Crippen LogP contribution < -0.4 is 5.32 Å². The van der Waals surface area contributed by atoms with Crippen LogP contribution in [-0.4, -0.2) is 47.1 Å². The molecule has 112 valence electrons. The SMILES string of the molecule is O=C(O)C1CCC2CCCCC2N1C(=O)C1CCNC1. The molecule has 20 heavy (non-hydrogen) atoms. The topological polar surface area (TPSA) is 69.6 Å². The van der Waals surface area contributed by atoms with Gasteiger partial charge in [-0.25, -0.2) is 4.79 Å². The third-order valence-electron chi connectivity index (χ3n) is 5.32. The first-order valence-corrected chi connectivity index (χ1v) is 7.94. The Morgan fingerprint density at radius 1 is 1.05 bits per heavy atom. The van der Waals surface area contributed by atoms with Crippen LogP contribution in [0.25, 0.3) is 0 Å².